The summed E-state index contributed by atoms with van der Waals surface area (Å²) in [7, 11) is 1.49. The van der Waals surface area contributed by atoms with E-state index >= 15 is 0 Å². The fourth-order valence-electron chi connectivity index (χ4n) is 4.01. The number of rotatable bonds is 6. The molecule has 0 radical (unpaired) electrons. The topological polar surface area (TPSA) is 139 Å². The Balaban J connectivity index is 1.86. The molecule has 10 nitrogen and oxygen atoms in total. The van der Waals surface area contributed by atoms with Gasteiger partial charge in [0.2, 0.25) is 5.91 Å². The van der Waals surface area contributed by atoms with Gasteiger partial charge in [0, 0.05) is 36.0 Å². The minimum absolute atomic E-state index is 0.162. The lowest BCUT2D eigenvalue weighted by Gasteiger charge is -2.25. The van der Waals surface area contributed by atoms with Crippen molar-refractivity contribution < 1.29 is 29.2 Å². The first-order chi connectivity index (χ1) is 17.2. The summed E-state index contributed by atoms with van der Waals surface area (Å²) in [5, 5.41) is 24.9. The Hall–Kier alpha value is -4.99. The standard InChI is InChI=1S/C26H21N3O7/c1-15(30)27-18-7-11-19(12-8-18)28-23(16-3-9-20(10-4-16)29(34)35)22(25(32)26(28)33)24(31)17-5-13-21(36-2)14-6-17/h3-14,23,31H,1-2H3,(H,27,30)/t23-/m0/s1. The first-order valence-electron chi connectivity index (χ1n) is 10.8. The predicted molar refractivity (Wildman–Crippen MR) is 132 cm³/mol. The molecule has 36 heavy (non-hydrogen) atoms. The number of benzene rings is 3. The summed E-state index contributed by atoms with van der Waals surface area (Å²) in [5.74, 6) is -1.90. The molecule has 10 heteroatoms. The van der Waals surface area contributed by atoms with Crippen molar-refractivity contribution in [1.29, 1.82) is 0 Å². The molecule has 182 valence electrons. The molecule has 2 amide bonds. The molecule has 0 aromatic heterocycles. The third-order valence-corrected chi connectivity index (χ3v) is 5.69. The number of nitrogens with one attached hydrogen (secondary N) is 1. The molecule has 1 atom stereocenters. The molecule has 3 aromatic rings. The van der Waals surface area contributed by atoms with E-state index < -0.39 is 28.4 Å². The molecule has 0 spiro atoms. The Morgan fingerprint density at radius 2 is 1.61 bits per heavy atom. The molecular weight excluding hydrogens is 466 g/mol. The number of amides is 2. The molecule has 2 N–H and O–H groups in total. The monoisotopic (exact) mass is 487 g/mol. The van der Waals surface area contributed by atoms with E-state index in [0.717, 1.165) is 0 Å². The van der Waals surface area contributed by atoms with E-state index in [-0.39, 0.29) is 17.2 Å². The Morgan fingerprint density at radius 1 is 1.00 bits per heavy atom. The van der Waals surface area contributed by atoms with Crippen LogP contribution >= 0.6 is 0 Å². The molecule has 0 saturated carbocycles. The lowest BCUT2D eigenvalue weighted by atomic mass is 9.95. The van der Waals surface area contributed by atoms with Gasteiger partial charge in [0.1, 0.15) is 11.5 Å². The summed E-state index contributed by atoms with van der Waals surface area (Å²) in [6.07, 6.45) is 0. The number of hydrogen-bond acceptors (Lipinski definition) is 7. The van der Waals surface area contributed by atoms with Gasteiger partial charge in [-0.2, -0.15) is 0 Å². The summed E-state index contributed by atoms with van der Waals surface area (Å²) in [6, 6.07) is 16.9. The van der Waals surface area contributed by atoms with Crippen molar-refractivity contribution in [1.82, 2.24) is 0 Å². The van der Waals surface area contributed by atoms with Gasteiger partial charge in [-0.1, -0.05) is 0 Å². The number of anilines is 2. The zero-order valence-electron chi connectivity index (χ0n) is 19.3. The first-order valence-corrected chi connectivity index (χ1v) is 10.8. The zero-order valence-corrected chi connectivity index (χ0v) is 19.3. The largest absolute Gasteiger partial charge is 0.507 e. The number of nitro benzene ring substituents is 1. The highest BCUT2D eigenvalue weighted by Crippen LogP contribution is 2.42. The lowest BCUT2D eigenvalue weighted by molar-refractivity contribution is -0.384. The van der Waals surface area contributed by atoms with Crippen LogP contribution in [0.3, 0.4) is 0 Å². The Labute approximate surface area is 205 Å². The molecule has 3 aromatic carbocycles. The second-order valence-electron chi connectivity index (χ2n) is 7.97. The third kappa shape index (κ3) is 4.51. The summed E-state index contributed by atoms with van der Waals surface area (Å²) < 4.78 is 5.13. The number of aliphatic hydroxyl groups is 1. The molecule has 4 rings (SSSR count). The third-order valence-electron chi connectivity index (χ3n) is 5.69. The second kappa shape index (κ2) is 9.71. The van der Waals surface area contributed by atoms with Gasteiger partial charge in [-0.3, -0.25) is 29.4 Å². The van der Waals surface area contributed by atoms with Crippen LogP contribution in [0.15, 0.2) is 78.4 Å². The quantitative estimate of drug-likeness (QED) is 0.175. The Bertz CT molecular complexity index is 1380. The van der Waals surface area contributed by atoms with Gasteiger partial charge >= 0.3 is 0 Å². The smallest absolute Gasteiger partial charge is 0.300 e. The zero-order chi connectivity index (χ0) is 26.0. The number of hydrogen-bond donors (Lipinski definition) is 2. The van der Waals surface area contributed by atoms with E-state index in [4.69, 9.17) is 4.74 Å². The van der Waals surface area contributed by atoms with E-state index in [1.54, 1.807) is 48.5 Å². The average Bonchev–Trinajstić information content (AvgIpc) is 3.14. The number of methoxy groups -OCH3 is 1. The van der Waals surface area contributed by atoms with Crippen molar-refractivity contribution in [2.45, 2.75) is 13.0 Å². The van der Waals surface area contributed by atoms with Crippen LogP contribution in [0.4, 0.5) is 17.1 Å². The highest BCUT2D eigenvalue weighted by Gasteiger charge is 2.47. The van der Waals surface area contributed by atoms with Gasteiger partial charge in [-0.05, 0) is 66.2 Å². The van der Waals surface area contributed by atoms with Crippen LogP contribution in [0.2, 0.25) is 0 Å². The van der Waals surface area contributed by atoms with Crippen molar-refractivity contribution in [3.63, 3.8) is 0 Å². The van der Waals surface area contributed by atoms with Gasteiger partial charge in [-0.25, -0.2) is 0 Å². The SMILES string of the molecule is COc1ccc(C(O)=C2C(=O)C(=O)N(c3ccc(NC(C)=O)cc3)[C@H]2c2ccc([N+](=O)[O-])cc2)cc1. The lowest BCUT2D eigenvalue weighted by Crippen LogP contribution is -2.29. The van der Waals surface area contributed by atoms with E-state index in [0.29, 0.717) is 28.3 Å². The number of ketones is 1. The number of aliphatic hydroxyl groups excluding tert-OH is 1. The van der Waals surface area contributed by atoms with Gasteiger partial charge < -0.3 is 15.2 Å². The first kappa shape index (κ1) is 24.1. The van der Waals surface area contributed by atoms with Crippen LogP contribution in [-0.2, 0) is 14.4 Å². The maximum absolute atomic E-state index is 13.2. The molecule has 1 fully saturated rings. The minimum atomic E-state index is -1.06. The van der Waals surface area contributed by atoms with Gasteiger partial charge in [0.15, 0.2) is 0 Å². The van der Waals surface area contributed by atoms with Crippen LogP contribution in [-0.4, -0.2) is 34.7 Å². The molecule has 1 aliphatic heterocycles. The molecule has 1 saturated heterocycles. The number of non-ortho nitro benzene ring substituents is 1. The summed E-state index contributed by atoms with van der Waals surface area (Å²) in [6.45, 7) is 1.36. The number of carbonyl (C=O) groups is 3. The number of nitro groups is 1. The van der Waals surface area contributed by atoms with E-state index in [2.05, 4.69) is 5.32 Å². The Morgan fingerprint density at radius 3 is 2.14 bits per heavy atom. The van der Waals surface area contributed by atoms with Crippen molar-refractivity contribution in [2.24, 2.45) is 0 Å². The average molecular weight is 487 g/mol. The fraction of sp³-hybridized carbons (Fsp3) is 0.115. The molecule has 1 aliphatic rings. The van der Waals surface area contributed by atoms with E-state index in [1.165, 1.54) is 43.2 Å². The van der Waals surface area contributed by atoms with Crippen LogP contribution in [0.5, 0.6) is 5.75 Å². The molecule has 0 bridgehead atoms. The summed E-state index contributed by atoms with van der Waals surface area (Å²) in [4.78, 5) is 49.6. The highest BCUT2D eigenvalue weighted by molar-refractivity contribution is 6.51. The minimum Gasteiger partial charge on any atom is -0.507 e. The van der Waals surface area contributed by atoms with Gasteiger partial charge in [-0.15, -0.1) is 0 Å². The second-order valence-corrected chi connectivity index (χ2v) is 7.97. The number of carbonyl (C=O) groups excluding carboxylic acids is 3. The maximum Gasteiger partial charge on any atom is 0.300 e. The van der Waals surface area contributed by atoms with E-state index in [9.17, 15) is 29.6 Å². The van der Waals surface area contributed by atoms with E-state index in [1.807, 2.05) is 0 Å². The van der Waals surface area contributed by atoms with Crippen LogP contribution < -0.4 is 15.0 Å². The number of Topliss-reactive ketones (excluding diaryl/α,β-unsaturated/α-hetero) is 1. The predicted octanol–water partition coefficient (Wildman–Crippen LogP) is 4.19. The van der Waals surface area contributed by atoms with Gasteiger partial charge in [0.05, 0.1) is 23.6 Å². The highest BCUT2D eigenvalue weighted by atomic mass is 16.6. The van der Waals surface area contributed by atoms with Crippen molar-refractivity contribution in [2.75, 3.05) is 17.3 Å². The summed E-state index contributed by atoms with van der Waals surface area (Å²) >= 11 is 0. The molecule has 0 unspecified atom stereocenters. The van der Waals surface area contributed by atoms with Crippen LogP contribution in [0, 0.1) is 10.1 Å². The van der Waals surface area contributed by atoms with Gasteiger partial charge in [0.25, 0.3) is 17.4 Å². The number of nitrogens with zero attached hydrogens (tertiary/aromatic N) is 2. The normalized spacial score (nSPS) is 16.6. The Kier molecular flexibility index (Phi) is 6.51. The van der Waals surface area contributed by atoms with Crippen molar-refractivity contribution in [3.05, 3.63) is 99.6 Å². The molecule has 1 heterocycles. The van der Waals surface area contributed by atoms with Crippen molar-refractivity contribution in [3.8, 4) is 5.75 Å². The number of ether oxygens (including phenoxy) is 1. The van der Waals surface area contributed by atoms with Crippen molar-refractivity contribution >= 4 is 40.4 Å². The van der Waals surface area contributed by atoms with Crippen LogP contribution in [0.25, 0.3) is 5.76 Å². The van der Waals surface area contributed by atoms with Crippen LogP contribution in [0.1, 0.15) is 24.1 Å². The molecular formula is C26H21N3O7. The maximum atomic E-state index is 13.2. The summed E-state index contributed by atoms with van der Waals surface area (Å²) in [5.41, 5.74) is 1.19. The fourth-order valence-corrected chi connectivity index (χ4v) is 4.01. The molecule has 0 aliphatic carbocycles.